The minimum absolute atomic E-state index is 0.267. The standard InChI is InChI=1S/C11H15N3O3S/c1-7-8(12)3-2-4-9(7)14-11(16)6-18(17)5-10(13)15/h2-4H,5-6,12H2,1H3,(H2,13,15)(H,14,16). The number of benzene rings is 1. The Kier molecular flexibility index (Phi) is 4.85. The fraction of sp³-hybridized carbons (Fsp3) is 0.273. The van der Waals surface area contributed by atoms with E-state index in [1.54, 1.807) is 25.1 Å². The van der Waals surface area contributed by atoms with Gasteiger partial charge in [0.15, 0.2) is 0 Å². The number of hydrogen-bond donors (Lipinski definition) is 3. The lowest BCUT2D eigenvalue weighted by Gasteiger charge is -2.09. The van der Waals surface area contributed by atoms with Gasteiger partial charge >= 0.3 is 0 Å². The highest BCUT2D eigenvalue weighted by molar-refractivity contribution is 7.86. The third-order valence-electron chi connectivity index (χ3n) is 2.25. The summed E-state index contributed by atoms with van der Waals surface area (Å²) in [4.78, 5) is 22.1. The van der Waals surface area contributed by atoms with Crippen LogP contribution in [0.15, 0.2) is 18.2 Å². The van der Waals surface area contributed by atoms with Gasteiger partial charge in [-0.1, -0.05) is 6.07 Å². The van der Waals surface area contributed by atoms with Gasteiger partial charge in [0.1, 0.15) is 11.5 Å². The first-order valence-corrected chi connectivity index (χ1v) is 6.67. The average molecular weight is 269 g/mol. The molecule has 0 saturated heterocycles. The van der Waals surface area contributed by atoms with Crippen molar-refractivity contribution in [1.82, 2.24) is 0 Å². The Labute approximate surface area is 107 Å². The molecule has 1 rings (SSSR count). The maximum Gasteiger partial charge on any atom is 0.237 e. The van der Waals surface area contributed by atoms with Crippen LogP contribution in [-0.4, -0.2) is 27.5 Å². The third kappa shape index (κ3) is 4.17. The molecule has 18 heavy (non-hydrogen) atoms. The summed E-state index contributed by atoms with van der Waals surface area (Å²) in [6.07, 6.45) is 0. The van der Waals surface area contributed by atoms with Crippen LogP contribution >= 0.6 is 0 Å². The number of anilines is 2. The molecule has 0 aromatic heterocycles. The lowest BCUT2D eigenvalue weighted by Crippen LogP contribution is -2.26. The molecular weight excluding hydrogens is 254 g/mol. The predicted octanol–water partition coefficient (Wildman–Crippen LogP) is -0.250. The molecule has 0 saturated carbocycles. The second kappa shape index (κ2) is 6.15. The maximum atomic E-state index is 11.6. The number of carbonyl (C=O) groups is 2. The first-order valence-electron chi connectivity index (χ1n) is 5.18. The predicted molar refractivity (Wildman–Crippen MR) is 71.3 cm³/mol. The Morgan fingerprint density at radius 2 is 2.00 bits per heavy atom. The van der Waals surface area contributed by atoms with Gasteiger partial charge in [0.05, 0.1) is 0 Å². The zero-order valence-electron chi connectivity index (χ0n) is 9.93. The minimum Gasteiger partial charge on any atom is -0.398 e. The normalized spacial score (nSPS) is 11.8. The van der Waals surface area contributed by atoms with E-state index in [0.29, 0.717) is 11.4 Å². The van der Waals surface area contributed by atoms with E-state index < -0.39 is 22.6 Å². The molecule has 1 aromatic rings. The van der Waals surface area contributed by atoms with E-state index in [0.717, 1.165) is 5.56 Å². The van der Waals surface area contributed by atoms with Crippen molar-refractivity contribution in [3.8, 4) is 0 Å². The van der Waals surface area contributed by atoms with Gasteiger partial charge in [-0.2, -0.15) is 0 Å². The van der Waals surface area contributed by atoms with Crippen LogP contribution in [0, 0.1) is 6.92 Å². The Morgan fingerprint density at radius 1 is 1.33 bits per heavy atom. The zero-order chi connectivity index (χ0) is 13.7. The quantitative estimate of drug-likeness (QED) is 0.639. The molecule has 0 radical (unpaired) electrons. The molecule has 0 heterocycles. The van der Waals surface area contributed by atoms with E-state index in [1.165, 1.54) is 0 Å². The topological polar surface area (TPSA) is 115 Å². The van der Waals surface area contributed by atoms with Crippen LogP contribution in [-0.2, 0) is 20.4 Å². The van der Waals surface area contributed by atoms with E-state index in [-0.39, 0.29) is 11.5 Å². The molecule has 5 N–H and O–H groups in total. The van der Waals surface area contributed by atoms with Crippen LogP contribution in [0.2, 0.25) is 0 Å². The van der Waals surface area contributed by atoms with E-state index in [9.17, 15) is 13.8 Å². The lowest BCUT2D eigenvalue weighted by atomic mass is 10.1. The van der Waals surface area contributed by atoms with Gasteiger partial charge < -0.3 is 16.8 Å². The number of rotatable bonds is 5. The summed E-state index contributed by atoms with van der Waals surface area (Å²) in [5.74, 6) is -1.72. The largest absolute Gasteiger partial charge is 0.398 e. The fourth-order valence-corrected chi connectivity index (χ4v) is 2.12. The molecule has 6 nitrogen and oxygen atoms in total. The number of carbonyl (C=O) groups excluding carboxylic acids is 2. The summed E-state index contributed by atoms with van der Waals surface area (Å²) in [7, 11) is -1.58. The zero-order valence-corrected chi connectivity index (χ0v) is 10.8. The average Bonchev–Trinajstić information content (AvgIpc) is 2.23. The molecular formula is C11H15N3O3S. The van der Waals surface area contributed by atoms with Crippen molar-refractivity contribution in [3.63, 3.8) is 0 Å². The van der Waals surface area contributed by atoms with E-state index in [1.807, 2.05) is 0 Å². The number of nitrogens with one attached hydrogen (secondary N) is 1. The first kappa shape index (κ1) is 14.2. The second-order valence-corrected chi connectivity index (χ2v) is 5.22. The van der Waals surface area contributed by atoms with Gasteiger partial charge in [-0.25, -0.2) is 0 Å². The molecule has 0 bridgehead atoms. The van der Waals surface area contributed by atoms with Gasteiger partial charge in [-0.15, -0.1) is 0 Å². The van der Waals surface area contributed by atoms with Crippen molar-refractivity contribution in [2.24, 2.45) is 5.73 Å². The molecule has 7 heteroatoms. The molecule has 0 aliphatic carbocycles. The highest BCUT2D eigenvalue weighted by atomic mass is 32.2. The van der Waals surface area contributed by atoms with Gasteiger partial charge in [-0.3, -0.25) is 13.8 Å². The minimum atomic E-state index is -1.58. The molecule has 1 atom stereocenters. The summed E-state index contributed by atoms with van der Waals surface area (Å²) in [6.45, 7) is 1.77. The number of amides is 2. The Balaban J connectivity index is 2.62. The molecule has 98 valence electrons. The number of hydrogen-bond acceptors (Lipinski definition) is 4. The summed E-state index contributed by atoms with van der Waals surface area (Å²) >= 11 is 0. The molecule has 1 unspecified atom stereocenters. The van der Waals surface area contributed by atoms with E-state index in [4.69, 9.17) is 11.5 Å². The molecule has 0 spiro atoms. The second-order valence-electron chi connectivity index (χ2n) is 3.76. The highest BCUT2D eigenvalue weighted by Gasteiger charge is 2.12. The van der Waals surface area contributed by atoms with Gasteiger partial charge in [0, 0.05) is 22.2 Å². The Hall–Kier alpha value is -1.89. The van der Waals surface area contributed by atoms with Gasteiger partial charge in [0.25, 0.3) is 0 Å². The van der Waals surface area contributed by atoms with Crippen molar-refractivity contribution in [2.75, 3.05) is 22.6 Å². The smallest absolute Gasteiger partial charge is 0.237 e. The molecule has 0 fully saturated rings. The monoisotopic (exact) mass is 269 g/mol. The molecule has 1 aromatic carbocycles. The summed E-state index contributed by atoms with van der Waals surface area (Å²) in [6, 6.07) is 5.12. The fourth-order valence-electron chi connectivity index (χ4n) is 1.33. The summed E-state index contributed by atoms with van der Waals surface area (Å²) < 4.78 is 11.3. The molecule has 0 aliphatic heterocycles. The first-order chi connectivity index (χ1) is 8.40. The van der Waals surface area contributed by atoms with Crippen LogP contribution < -0.4 is 16.8 Å². The molecule has 2 amide bonds. The lowest BCUT2D eigenvalue weighted by molar-refractivity contribution is -0.115. The van der Waals surface area contributed by atoms with Crippen molar-refractivity contribution in [3.05, 3.63) is 23.8 Å². The van der Waals surface area contributed by atoms with Crippen molar-refractivity contribution < 1.29 is 13.8 Å². The summed E-state index contributed by atoms with van der Waals surface area (Å²) in [5.41, 5.74) is 12.4. The van der Waals surface area contributed by atoms with Gasteiger partial charge in [0.2, 0.25) is 11.8 Å². The van der Waals surface area contributed by atoms with Crippen molar-refractivity contribution in [2.45, 2.75) is 6.92 Å². The SMILES string of the molecule is Cc1c(N)cccc1NC(=O)CS(=O)CC(N)=O. The summed E-state index contributed by atoms with van der Waals surface area (Å²) in [5, 5.41) is 2.59. The van der Waals surface area contributed by atoms with Crippen LogP contribution in [0.25, 0.3) is 0 Å². The van der Waals surface area contributed by atoms with Crippen molar-refractivity contribution in [1.29, 1.82) is 0 Å². The third-order valence-corrected chi connectivity index (χ3v) is 3.44. The van der Waals surface area contributed by atoms with Crippen molar-refractivity contribution >= 4 is 34.0 Å². The number of nitrogens with two attached hydrogens (primary N) is 2. The van der Waals surface area contributed by atoms with Crippen LogP contribution in [0.5, 0.6) is 0 Å². The van der Waals surface area contributed by atoms with E-state index in [2.05, 4.69) is 5.32 Å². The van der Waals surface area contributed by atoms with Crippen LogP contribution in [0.3, 0.4) is 0 Å². The van der Waals surface area contributed by atoms with Crippen LogP contribution in [0.4, 0.5) is 11.4 Å². The Bertz CT molecular complexity index is 502. The maximum absolute atomic E-state index is 11.6. The van der Waals surface area contributed by atoms with E-state index >= 15 is 0 Å². The van der Waals surface area contributed by atoms with Crippen LogP contribution in [0.1, 0.15) is 5.56 Å². The molecule has 0 aliphatic rings. The number of primary amides is 1. The van der Waals surface area contributed by atoms with Gasteiger partial charge in [-0.05, 0) is 24.6 Å². The Morgan fingerprint density at radius 3 is 2.61 bits per heavy atom. The highest BCUT2D eigenvalue weighted by Crippen LogP contribution is 2.20. The number of nitrogen functional groups attached to an aromatic ring is 1.